The minimum absolute atomic E-state index is 0. The van der Waals surface area contributed by atoms with E-state index in [0.29, 0.717) is 0 Å². The Morgan fingerprint density at radius 3 is 1.20 bits per heavy atom. The smallest absolute Gasteiger partial charge is 0 e. The van der Waals surface area contributed by atoms with Gasteiger partial charge in [-0.3, -0.25) is 0 Å². The molecule has 0 amide bonds. The molecule has 0 aliphatic heterocycles. The fraction of sp³-hybridized carbons (Fsp3) is 1.00. The van der Waals surface area contributed by atoms with Crippen molar-refractivity contribution in [2.75, 3.05) is 7.05 Å². The molecule has 1 nitrogen and oxygen atoms in total. The van der Waals surface area contributed by atoms with Crippen molar-refractivity contribution in [3.8, 4) is 0 Å². The van der Waals surface area contributed by atoms with Gasteiger partial charge in [-0.05, 0) is 7.05 Å². The molecule has 0 aromatic heterocycles. The molecule has 0 aromatic rings. The Morgan fingerprint density at radius 2 is 1.20 bits per heavy atom. The second kappa shape index (κ2) is 36.1. The third kappa shape index (κ3) is 23.3. The van der Waals surface area contributed by atoms with Crippen LogP contribution in [0.5, 0.6) is 0 Å². The van der Waals surface area contributed by atoms with Gasteiger partial charge in [0, 0.05) is 27.3 Å². The molecule has 0 saturated heterocycles. The molecule has 4 radical (unpaired) electrons. The Bertz CT molecular complexity index is 11.6. The summed E-state index contributed by atoms with van der Waals surface area (Å²) in [6.07, 6.45) is 0. The number of nitrogens with two attached hydrogens (primary N) is 1. The third-order valence-electron chi connectivity index (χ3n) is 0. The summed E-state index contributed by atoms with van der Waals surface area (Å²) in [7, 11) is 1.50. The van der Waals surface area contributed by atoms with Crippen molar-refractivity contribution in [1.29, 1.82) is 0 Å². The minimum Gasteiger partial charge on any atom is -0.333 e. The van der Waals surface area contributed by atoms with Crippen molar-refractivity contribution < 1.29 is 0 Å². The molecule has 0 aliphatic carbocycles. The standard InChI is InChI=1S/CH5N.BrH.HI.Pb/c1-2;;;/h2H2,1H3;2*1H;. The Labute approximate surface area is 80.0 Å². The van der Waals surface area contributed by atoms with Crippen LogP contribution >= 0.6 is 41.0 Å². The molecule has 0 aliphatic rings. The van der Waals surface area contributed by atoms with E-state index in [2.05, 4.69) is 5.73 Å². The second-order valence-corrected chi connectivity index (χ2v) is 0. The van der Waals surface area contributed by atoms with Gasteiger partial charge in [0.05, 0.1) is 0 Å². The molecule has 5 heavy (non-hydrogen) atoms. The molecule has 0 aromatic carbocycles. The largest absolute Gasteiger partial charge is 0.333 e. The number of rotatable bonds is 0. The summed E-state index contributed by atoms with van der Waals surface area (Å²) >= 11 is 0. The van der Waals surface area contributed by atoms with Crippen LogP contribution in [0.3, 0.4) is 0 Å². The molecule has 0 saturated carbocycles. The van der Waals surface area contributed by atoms with Crippen LogP contribution in [-0.2, 0) is 0 Å². The summed E-state index contributed by atoms with van der Waals surface area (Å²) < 4.78 is 0. The van der Waals surface area contributed by atoms with Crippen molar-refractivity contribution in [3.63, 3.8) is 0 Å². The quantitative estimate of drug-likeness (QED) is 0.423. The molecule has 2 N–H and O–H groups in total. The molecule has 0 heterocycles. The zero-order valence-corrected chi connectivity index (χ0v) is 10.8. The van der Waals surface area contributed by atoms with Crippen molar-refractivity contribution in [2.24, 2.45) is 5.73 Å². The average molecular weight is 447 g/mol. The van der Waals surface area contributed by atoms with E-state index in [0.717, 1.165) is 0 Å². The SMILES string of the molecule is Br.CN.I.[Pb]. The molecule has 34 valence electrons. The third-order valence-corrected chi connectivity index (χ3v) is 0. The van der Waals surface area contributed by atoms with Gasteiger partial charge in [-0.25, -0.2) is 0 Å². The molecule has 0 atom stereocenters. The summed E-state index contributed by atoms with van der Waals surface area (Å²) in [6, 6.07) is 0. The van der Waals surface area contributed by atoms with Crippen molar-refractivity contribution >= 4 is 68.3 Å². The van der Waals surface area contributed by atoms with Crippen LogP contribution in [-0.4, -0.2) is 34.3 Å². The minimum atomic E-state index is 0. The summed E-state index contributed by atoms with van der Waals surface area (Å²) in [6.45, 7) is 0. The van der Waals surface area contributed by atoms with Crippen molar-refractivity contribution in [2.45, 2.75) is 0 Å². The van der Waals surface area contributed by atoms with E-state index in [9.17, 15) is 0 Å². The first-order valence-corrected chi connectivity index (χ1v) is 0.577. The van der Waals surface area contributed by atoms with E-state index in [-0.39, 0.29) is 68.3 Å². The van der Waals surface area contributed by atoms with E-state index < -0.39 is 0 Å². The maximum absolute atomic E-state index is 4.50. The average Bonchev–Trinajstić information content (AvgIpc) is 1.00. The molecule has 0 fully saturated rings. The van der Waals surface area contributed by atoms with Gasteiger partial charge >= 0.3 is 0 Å². The van der Waals surface area contributed by atoms with E-state index in [1.165, 1.54) is 7.05 Å². The number of hydrogen-bond donors (Lipinski definition) is 1. The van der Waals surface area contributed by atoms with Crippen molar-refractivity contribution in [3.05, 3.63) is 0 Å². The summed E-state index contributed by atoms with van der Waals surface area (Å²) in [4.78, 5) is 0. The van der Waals surface area contributed by atoms with E-state index >= 15 is 0 Å². The maximum Gasteiger partial charge on any atom is 0 e. The van der Waals surface area contributed by atoms with Gasteiger partial charge in [-0.2, -0.15) is 0 Å². The van der Waals surface area contributed by atoms with Gasteiger partial charge in [0.15, 0.2) is 0 Å². The number of hydrogen-bond acceptors (Lipinski definition) is 1. The van der Waals surface area contributed by atoms with Gasteiger partial charge in [0.25, 0.3) is 0 Å². The van der Waals surface area contributed by atoms with Crippen LogP contribution in [0.2, 0.25) is 0 Å². The van der Waals surface area contributed by atoms with E-state index in [1.807, 2.05) is 0 Å². The first-order chi connectivity index (χ1) is 1.00. The molecular formula is CH7BrINPb. The Morgan fingerprint density at radius 1 is 1.20 bits per heavy atom. The van der Waals surface area contributed by atoms with Gasteiger partial charge in [0.2, 0.25) is 0 Å². The Balaban J connectivity index is -0.00000000167. The summed E-state index contributed by atoms with van der Waals surface area (Å²) in [5.41, 5.74) is 4.50. The Kier molecular flexibility index (Phi) is 199. The normalized spacial score (nSPS) is 1.20. The van der Waals surface area contributed by atoms with Gasteiger partial charge < -0.3 is 5.73 Å². The predicted molar refractivity (Wildman–Crippen MR) is 41.6 cm³/mol. The first kappa shape index (κ1) is 27.5. The number of halogens is 2. The van der Waals surface area contributed by atoms with Gasteiger partial charge in [0.1, 0.15) is 0 Å². The van der Waals surface area contributed by atoms with Crippen LogP contribution in [0.15, 0.2) is 0 Å². The molecule has 0 unspecified atom stereocenters. The molecule has 0 rings (SSSR count). The predicted octanol–water partition coefficient (Wildman–Crippen LogP) is 0.390. The summed E-state index contributed by atoms with van der Waals surface area (Å²) in [5, 5.41) is 0. The topological polar surface area (TPSA) is 26.0 Å². The molecular weight excluding hydrogens is 440 g/mol. The second-order valence-electron chi connectivity index (χ2n) is 0. The molecule has 4 heteroatoms. The van der Waals surface area contributed by atoms with Crippen LogP contribution < -0.4 is 5.73 Å². The van der Waals surface area contributed by atoms with Crippen molar-refractivity contribution in [1.82, 2.24) is 0 Å². The van der Waals surface area contributed by atoms with E-state index in [1.54, 1.807) is 0 Å². The van der Waals surface area contributed by atoms with Gasteiger partial charge in [-0.1, -0.05) is 0 Å². The monoisotopic (exact) mass is 447 g/mol. The summed E-state index contributed by atoms with van der Waals surface area (Å²) in [5.74, 6) is 0. The zero-order chi connectivity index (χ0) is 2.00. The van der Waals surface area contributed by atoms with Crippen LogP contribution in [0.1, 0.15) is 0 Å². The van der Waals surface area contributed by atoms with Crippen LogP contribution in [0.4, 0.5) is 0 Å². The first-order valence-electron chi connectivity index (χ1n) is 0.577. The molecule has 0 spiro atoms. The van der Waals surface area contributed by atoms with Crippen LogP contribution in [0, 0.1) is 0 Å². The fourth-order valence-corrected chi connectivity index (χ4v) is 0. The van der Waals surface area contributed by atoms with E-state index in [4.69, 9.17) is 0 Å². The fourth-order valence-electron chi connectivity index (χ4n) is 0. The maximum atomic E-state index is 4.50. The van der Waals surface area contributed by atoms with Gasteiger partial charge in [-0.15, -0.1) is 41.0 Å². The Hall–Kier alpha value is 2.09. The zero-order valence-electron chi connectivity index (χ0n) is 2.89. The van der Waals surface area contributed by atoms with Crippen LogP contribution in [0.25, 0.3) is 0 Å². The molecule has 0 bridgehead atoms.